The van der Waals surface area contributed by atoms with Gasteiger partial charge in [0.1, 0.15) is 0 Å². The number of hydrogen-bond acceptors (Lipinski definition) is 5. The molecular formula is C13H23N5O3S. The first-order valence-corrected chi connectivity index (χ1v) is 8.97. The van der Waals surface area contributed by atoms with Crippen LogP contribution in [0.1, 0.15) is 11.3 Å². The first-order valence-electron chi connectivity index (χ1n) is 7.12. The molecule has 8 nitrogen and oxygen atoms in total. The van der Waals surface area contributed by atoms with Crippen molar-refractivity contribution in [3.63, 3.8) is 0 Å². The number of primary amides is 1. The first kappa shape index (κ1) is 16.9. The lowest BCUT2D eigenvalue weighted by atomic mass is 10.1. The third-order valence-corrected chi connectivity index (χ3v) is 5.44. The Morgan fingerprint density at radius 2 is 2.09 bits per heavy atom. The van der Waals surface area contributed by atoms with Gasteiger partial charge in [-0.1, -0.05) is 0 Å². The summed E-state index contributed by atoms with van der Waals surface area (Å²) in [5, 5.41) is 4.21. The molecule has 2 heterocycles. The summed E-state index contributed by atoms with van der Waals surface area (Å²) in [6.45, 7) is 4.13. The normalized spacial score (nSPS) is 21.7. The lowest BCUT2D eigenvalue weighted by Crippen LogP contribution is -2.40. The van der Waals surface area contributed by atoms with Gasteiger partial charge in [0.25, 0.3) is 0 Å². The van der Waals surface area contributed by atoms with Crippen LogP contribution >= 0.6 is 0 Å². The number of amides is 1. The summed E-state index contributed by atoms with van der Waals surface area (Å²) in [6, 6.07) is 0. The van der Waals surface area contributed by atoms with Gasteiger partial charge in [-0.3, -0.25) is 14.4 Å². The van der Waals surface area contributed by atoms with Crippen molar-refractivity contribution in [3.8, 4) is 0 Å². The molecule has 2 rings (SSSR count). The maximum Gasteiger partial charge on any atom is 0.223 e. The third kappa shape index (κ3) is 3.84. The van der Waals surface area contributed by atoms with Gasteiger partial charge in [0, 0.05) is 51.0 Å². The van der Waals surface area contributed by atoms with Gasteiger partial charge in [-0.15, -0.1) is 0 Å². The summed E-state index contributed by atoms with van der Waals surface area (Å²) in [7, 11) is -1.46. The van der Waals surface area contributed by atoms with Crippen molar-refractivity contribution in [1.29, 1.82) is 0 Å². The summed E-state index contributed by atoms with van der Waals surface area (Å²) in [4.78, 5) is 13.7. The number of carbonyl (C=O) groups is 1. The number of hydrogen-bond donors (Lipinski definition) is 1. The average Bonchev–Trinajstić information content (AvgIpc) is 2.65. The van der Waals surface area contributed by atoms with Gasteiger partial charge in [-0.2, -0.15) is 5.10 Å². The van der Waals surface area contributed by atoms with Crippen molar-refractivity contribution >= 4 is 15.9 Å². The predicted octanol–water partition coefficient (Wildman–Crippen LogP) is -1.09. The minimum atomic E-state index is -3.33. The van der Waals surface area contributed by atoms with Crippen LogP contribution in [0.15, 0.2) is 6.20 Å². The van der Waals surface area contributed by atoms with Gasteiger partial charge in [0.05, 0.1) is 18.4 Å². The Labute approximate surface area is 130 Å². The molecule has 1 aromatic heterocycles. The lowest BCUT2D eigenvalue weighted by molar-refractivity contribution is -0.122. The maximum absolute atomic E-state index is 11.8. The molecule has 0 aromatic carbocycles. The van der Waals surface area contributed by atoms with Gasteiger partial charge in [0.2, 0.25) is 15.9 Å². The highest BCUT2D eigenvalue weighted by molar-refractivity contribution is 7.88. The number of rotatable bonds is 4. The Morgan fingerprint density at radius 1 is 1.41 bits per heavy atom. The van der Waals surface area contributed by atoms with Crippen molar-refractivity contribution in [2.24, 2.45) is 18.7 Å². The fraction of sp³-hybridized carbons (Fsp3) is 0.692. The number of carbonyl (C=O) groups excluding carboxylic acids is 1. The zero-order valence-corrected chi connectivity index (χ0v) is 14.0. The monoisotopic (exact) mass is 329 g/mol. The SMILES string of the molecule is Cc1c(CN2CCN(S(C)(=O)=O)C[C@H](C(N)=O)C2)cnn1C. The molecule has 1 atom stereocenters. The van der Waals surface area contributed by atoms with Crippen LogP contribution in [0.5, 0.6) is 0 Å². The number of aromatic nitrogens is 2. The van der Waals surface area contributed by atoms with E-state index < -0.39 is 21.8 Å². The van der Waals surface area contributed by atoms with E-state index in [4.69, 9.17) is 5.73 Å². The molecule has 0 spiro atoms. The molecule has 1 aromatic rings. The number of nitrogens with zero attached hydrogens (tertiary/aromatic N) is 4. The fourth-order valence-corrected chi connectivity index (χ4v) is 3.48. The molecule has 1 aliphatic rings. The lowest BCUT2D eigenvalue weighted by Gasteiger charge is -2.21. The zero-order valence-electron chi connectivity index (χ0n) is 13.2. The third-order valence-electron chi connectivity index (χ3n) is 4.17. The summed E-state index contributed by atoms with van der Waals surface area (Å²) in [6.07, 6.45) is 2.96. The van der Waals surface area contributed by atoms with E-state index in [2.05, 4.69) is 10.00 Å². The molecule has 1 amide bonds. The van der Waals surface area contributed by atoms with Gasteiger partial charge in [0.15, 0.2) is 0 Å². The van der Waals surface area contributed by atoms with Crippen molar-refractivity contribution in [3.05, 3.63) is 17.5 Å². The highest BCUT2D eigenvalue weighted by Gasteiger charge is 2.30. The predicted molar refractivity (Wildman–Crippen MR) is 82.3 cm³/mol. The molecule has 0 bridgehead atoms. The van der Waals surface area contributed by atoms with Crippen LogP contribution in [0.3, 0.4) is 0 Å². The average molecular weight is 329 g/mol. The van der Waals surface area contributed by atoms with Crippen LogP contribution in [-0.4, -0.2) is 65.7 Å². The smallest absolute Gasteiger partial charge is 0.223 e. The summed E-state index contributed by atoms with van der Waals surface area (Å²) in [5.41, 5.74) is 7.55. The molecular weight excluding hydrogens is 306 g/mol. The van der Waals surface area contributed by atoms with Crippen LogP contribution in [0.4, 0.5) is 0 Å². The largest absolute Gasteiger partial charge is 0.369 e. The van der Waals surface area contributed by atoms with E-state index in [0.29, 0.717) is 26.2 Å². The van der Waals surface area contributed by atoms with Crippen molar-refractivity contribution in [2.45, 2.75) is 13.5 Å². The summed E-state index contributed by atoms with van der Waals surface area (Å²) >= 11 is 0. The van der Waals surface area contributed by atoms with Crippen molar-refractivity contribution < 1.29 is 13.2 Å². The molecule has 1 aliphatic heterocycles. The fourth-order valence-electron chi connectivity index (χ4n) is 2.62. The summed E-state index contributed by atoms with van der Waals surface area (Å²) < 4.78 is 26.7. The van der Waals surface area contributed by atoms with E-state index in [-0.39, 0.29) is 6.54 Å². The number of nitrogens with two attached hydrogens (primary N) is 1. The molecule has 2 N–H and O–H groups in total. The Hall–Kier alpha value is -1.45. The highest BCUT2D eigenvalue weighted by atomic mass is 32.2. The highest BCUT2D eigenvalue weighted by Crippen LogP contribution is 2.16. The van der Waals surface area contributed by atoms with Gasteiger partial charge in [-0.05, 0) is 6.92 Å². The van der Waals surface area contributed by atoms with Crippen molar-refractivity contribution in [2.75, 3.05) is 32.4 Å². The van der Waals surface area contributed by atoms with Crippen LogP contribution in [0.2, 0.25) is 0 Å². The van der Waals surface area contributed by atoms with E-state index in [1.807, 2.05) is 14.0 Å². The molecule has 22 heavy (non-hydrogen) atoms. The molecule has 0 radical (unpaired) electrons. The Kier molecular flexibility index (Phi) is 4.88. The van der Waals surface area contributed by atoms with Gasteiger partial charge >= 0.3 is 0 Å². The van der Waals surface area contributed by atoms with E-state index in [1.54, 1.807) is 10.9 Å². The second-order valence-electron chi connectivity index (χ2n) is 5.83. The minimum Gasteiger partial charge on any atom is -0.369 e. The number of aryl methyl sites for hydroxylation is 1. The standard InChI is InChI=1S/C13H23N5O3S/c1-10-11(6-15-16(10)2)7-17-4-5-18(22(3,20)21)9-12(8-17)13(14)19/h6,12H,4-5,7-9H2,1-3H3,(H2,14,19)/t12-/m1/s1. The molecule has 0 unspecified atom stereocenters. The molecule has 0 aliphatic carbocycles. The van der Waals surface area contributed by atoms with E-state index in [9.17, 15) is 13.2 Å². The quantitative estimate of drug-likeness (QED) is 0.756. The molecule has 0 saturated carbocycles. The van der Waals surface area contributed by atoms with Gasteiger partial charge < -0.3 is 5.73 Å². The molecule has 1 fully saturated rings. The molecule has 9 heteroatoms. The van der Waals surface area contributed by atoms with E-state index >= 15 is 0 Å². The zero-order chi connectivity index (χ0) is 16.5. The second kappa shape index (κ2) is 6.35. The Bertz CT molecular complexity index is 655. The number of sulfonamides is 1. The Balaban J connectivity index is 2.16. The molecule has 1 saturated heterocycles. The van der Waals surface area contributed by atoms with Crippen molar-refractivity contribution in [1.82, 2.24) is 19.0 Å². The van der Waals surface area contributed by atoms with Crippen LogP contribution in [-0.2, 0) is 28.4 Å². The van der Waals surface area contributed by atoms with Gasteiger partial charge in [-0.25, -0.2) is 12.7 Å². The maximum atomic E-state index is 11.8. The van der Waals surface area contributed by atoms with Crippen LogP contribution in [0, 0.1) is 12.8 Å². The first-order chi connectivity index (χ1) is 10.2. The van der Waals surface area contributed by atoms with Crippen LogP contribution < -0.4 is 5.73 Å². The Morgan fingerprint density at radius 3 is 2.59 bits per heavy atom. The summed E-state index contributed by atoms with van der Waals surface area (Å²) in [5.74, 6) is -0.974. The topological polar surface area (TPSA) is 102 Å². The van der Waals surface area contributed by atoms with Crippen LogP contribution in [0.25, 0.3) is 0 Å². The minimum absolute atomic E-state index is 0.149. The van der Waals surface area contributed by atoms with E-state index in [0.717, 1.165) is 17.5 Å². The second-order valence-corrected chi connectivity index (χ2v) is 7.82. The van der Waals surface area contributed by atoms with E-state index in [1.165, 1.54) is 4.31 Å². The molecule has 124 valence electrons.